The van der Waals surface area contributed by atoms with Crippen molar-refractivity contribution in [3.8, 4) is 0 Å². The second-order valence-corrected chi connectivity index (χ2v) is 7.50. The summed E-state index contributed by atoms with van der Waals surface area (Å²) in [5, 5.41) is 0. The summed E-state index contributed by atoms with van der Waals surface area (Å²) in [6.45, 7) is 8.57. The molecule has 120 valence electrons. The minimum absolute atomic E-state index is 0.0266. The van der Waals surface area contributed by atoms with Gasteiger partial charge in [0.15, 0.2) is 0 Å². The molecule has 0 aromatic heterocycles. The number of carbonyl (C=O) groups excluding carboxylic acids is 2. The maximum Gasteiger partial charge on any atom is 0.410 e. The summed E-state index contributed by atoms with van der Waals surface area (Å²) in [7, 11) is 0. The molecule has 2 fully saturated rings. The highest BCUT2D eigenvalue weighted by Crippen LogP contribution is 2.36. The molecule has 3 unspecified atom stereocenters. The average Bonchev–Trinajstić information content (AvgIpc) is 2.86. The lowest BCUT2D eigenvalue weighted by Gasteiger charge is -2.36. The molecule has 0 bridgehead atoms. The van der Waals surface area contributed by atoms with Crippen LogP contribution in [0.2, 0.25) is 0 Å². The molecule has 2 aliphatic rings. The summed E-state index contributed by atoms with van der Waals surface area (Å²) in [4.78, 5) is 26.5. The standard InChI is InChI=1S/C17H29NO3/c1-5-12-8-9-15(19)13(11-12)14-7-6-10-18(14)16(20)21-17(2,3)4/h12-14H,5-11H2,1-4H3. The summed E-state index contributed by atoms with van der Waals surface area (Å²) in [5.41, 5.74) is -0.479. The van der Waals surface area contributed by atoms with Gasteiger partial charge in [-0.1, -0.05) is 13.3 Å². The molecule has 21 heavy (non-hydrogen) atoms. The maximum atomic E-state index is 12.4. The SMILES string of the molecule is CCC1CCC(=O)C(C2CCCN2C(=O)OC(C)(C)C)C1. The molecular weight excluding hydrogens is 266 g/mol. The summed E-state index contributed by atoms with van der Waals surface area (Å²) in [6.07, 6.45) is 5.43. The summed E-state index contributed by atoms with van der Waals surface area (Å²) in [6, 6.07) is 0.0571. The fourth-order valence-electron chi connectivity index (χ4n) is 3.64. The number of amides is 1. The summed E-state index contributed by atoms with van der Waals surface area (Å²) < 4.78 is 5.51. The summed E-state index contributed by atoms with van der Waals surface area (Å²) >= 11 is 0. The van der Waals surface area contributed by atoms with E-state index in [-0.39, 0.29) is 18.1 Å². The van der Waals surface area contributed by atoms with Crippen LogP contribution in [0.1, 0.15) is 66.2 Å². The van der Waals surface area contributed by atoms with Crippen LogP contribution in [0.4, 0.5) is 4.79 Å². The topological polar surface area (TPSA) is 46.6 Å². The Morgan fingerprint density at radius 2 is 2.05 bits per heavy atom. The zero-order valence-electron chi connectivity index (χ0n) is 13.9. The molecule has 4 heteroatoms. The number of Topliss-reactive ketones (excluding diaryl/α,β-unsaturated/α-hetero) is 1. The highest BCUT2D eigenvalue weighted by molar-refractivity contribution is 5.83. The van der Waals surface area contributed by atoms with Gasteiger partial charge in [0.2, 0.25) is 0 Å². The summed E-state index contributed by atoms with van der Waals surface area (Å²) in [5.74, 6) is 1.01. The largest absolute Gasteiger partial charge is 0.444 e. The van der Waals surface area contributed by atoms with Crippen molar-refractivity contribution in [1.29, 1.82) is 0 Å². The predicted octanol–water partition coefficient (Wildman–Crippen LogP) is 3.78. The van der Waals surface area contributed by atoms with Crippen LogP contribution in [-0.4, -0.2) is 35.0 Å². The van der Waals surface area contributed by atoms with Gasteiger partial charge in [-0.25, -0.2) is 4.79 Å². The van der Waals surface area contributed by atoms with E-state index in [0.29, 0.717) is 18.1 Å². The van der Waals surface area contributed by atoms with E-state index >= 15 is 0 Å². The number of rotatable bonds is 2. The number of carbonyl (C=O) groups is 2. The van der Waals surface area contributed by atoms with Crippen molar-refractivity contribution in [3.05, 3.63) is 0 Å². The molecule has 1 aliphatic carbocycles. The number of nitrogens with zero attached hydrogens (tertiary/aromatic N) is 1. The number of hydrogen-bond donors (Lipinski definition) is 0. The van der Waals surface area contributed by atoms with Crippen LogP contribution in [-0.2, 0) is 9.53 Å². The Kier molecular flexibility index (Phi) is 4.95. The molecule has 0 aromatic carbocycles. The lowest BCUT2D eigenvalue weighted by molar-refractivity contribution is -0.127. The molecule has 0 radical (unpaired) electrons. The van der Waals surface area contributed by atoms with E-state index < -0.39 is 5.60 Å². The molecule has 3 atom stereocenters. The van der Waals surface area contributed by atoms with Gasteiger partial charge in [-0.05, 0) is 52.4 Å². The molecule has 1 saturated heterocycles. The second kappa shape index (κ2) is 6.37. The predicted molar refractivity (Wildman–Crippen MR) is 82.1 cm³/mol. The van der Waals surface area contributed by atoms with Gasteiger partial charge in [-0.2, -0.15) is 0 Å². The van der Waals surface area contributed by atoms with Gasteiger partial charge < -0.3 is 9.64 Å². The molecule has 1 saturated carbocycles. The van der Waals surface area contributed by atoms with E-state index in [1.54, 1.807) is 0 Å². The fraction of sp³-hybridized carbons (Fsp3) is 0.882. The number of likely N-dealkylation sites (tertiary alicyclic amines) is 1. The van der Waals surface area contributed by atoms with Crippen LogP contribution < -0.4 is 0 Å². The number of hydrogen-bond acceptors (Lipinski definition) is 3. The van der Waals surface area contributed by atoms with Crippen molar-refractivity contribution >= 4 is 11.9 Å². The van der Waals surface area contributed by atoms with Crippen molar-refractivity contribution < 1.29 is 14.3 Å². The van der Waals surface area contributed by atoms with Gasteiger partial charge >= 0.3 is 6.09 Å². The maximum absolute atomic E-state index is 12.4. The van der Waals surface area contributed by atoms with Crippen LogP contribution in [0.25, 0.3) is 0 Å². The van der Waals surface area contributed by atoms with Crippen LogP contribution >= 0.6 is 0 Å². The van der Waals surface area contributed by atoms with Crippen molar-refractivity contribution in [2.45, 2.75) is 77.9 Å². The van der Waals surface area contributed by atoms with Crippen molar-refractivity contribution in [1.82, 2.24) is 4.90 Å². The molecule has 4 nitrogen and oxygen atoms in total. The minimum Gasteiger partial charge on any atom is -0.444 e. The van der Waals surface area contributed by atoms with Gasteiger partial charge in [-0.3, -0.25) is 4.79 Å². The van der Waals surface area contributed by atoms with Gasteiger partial charge in [0.05, 0.1) is 0 Å². The Bertz CT molecular complexity index is 399. The quantitative estimate of drug-likeness (QED) is 0.779. The molecule has 0 N–H and O–H groups in total. The molecule has 1 amide bonds. The van der Waals surface area contributed by atoms with Crippen LogP contribution in [0, 0.1) is 11.8 Å². The van der Waals surface area contributed by atoms with Gasteiger partial charge in [0.25, 0.3) is 0 Å². The van der Waals surface area contributed by atoms with E-state index in [2.05, 4.69) is 6.92 Å². The molecule has 1 heterocycles. The van der Waals surface area contributed by atoms with Crippen LogP contribution in [0.5, 0.6) is 0 Å². The minimum atomic E-state index is -0.479. The molecule has 2 rings (SSSR count). The fourth-order valence-corrected chi connectivity index (χ4v) is 3.64. The van der Waals surface area contributed by atoms with E-state index in [1.807, 2.05) is 25.7 Å². The Balaban J connectivity index is 2.06. The van der Waals surface area contributed by atoms with Gasteiger partial charge in [0.1, 0.15) is 11.4 Å². The van der Waals surface area contributed by atoms with Gasteiger partial charge in [-0.15, -0.1) is 0 Å². The van der Waals surface area contributed by atoms with E-state index in [4.69, 9.17) is 4.74 Å². The zero-order chi connectivity index (χ0) is 15.6. The monoisotopic (exact) mass is 295 g/mol. The van der Waals surface area contributed by atoms with Crippen LogP contribution in [0.3, 0.4) is 0 Å². The first-order valence-corrected chi connectivity index (χ1v) is 8.34. The smallest absolute Gasteiger partial charge is 0.410 e. The first-order chi connectivity index (χ1) is 9.81. The third kappa shape index (κ3) is 3.98. The number of ketones is 1. The first kappa shape index (κ1) is 16.3. The van der Waals surface area contributed by atoms with Crippen molar-refractivity contribution in [2.24, 2.45) is 11.8 Å². The molecular formula is C17H29NO3. The average molecular weight is 295 g/mol. The number of ether oxygens (including phenoxy) is 1. The Labute approximate surface area is 128 Å². The molecule has 1 aliphatic heterocycles. The normalized spacial score (nSPS) is 30.6. The van der Waals surface area contributed by atoms with Gasteiger partial charge in [0, 0.05) is 24.9 Å². The van der Waals surface area contributed by atoms with E-state index in [0.717, 1.165) is 38.6 Å². The molecule has 0 spiro atoms. The van der Waals surface area contributed by atoms with Crippen LogP contribution in [0.15, 0.2) is 0 Å². The Morgan fingerprint density at radius 1 is 1.33 bits per heavy atom. The first-order valence-electron chi connectivity index (χ1n) is 8.34. The lowest BCUT2D eigenvalue weighted by atomic mass is 9.75. The molecule has 0 aromatic rings. The highest BCUT2D eigenvalue weighted by atomic mass is 16.6. The second-order valence-electron chi connectivity index (χ2n) is 7.50. The lowest BCUT2D eigenvalue weighted by Crippen LogP contribution is -2.46. The Hall–Kier alpha value is -1.06. The third-order valence-electron chi connectivity index (χ3n) is 4.77. The zero-order valence-corrected chi connectivity index (χ0v) is 13.9. The van der Waals surface area contributed by atoms with Crippen molar-refractivity contribution in [3.63, 3.8) is 0 Å². The van der Waals surface area contributed by atoms with Crippen molar-refractivity contribution in [2.75, 3.05) is 6.54 Å². The van der Waals surface area contributed by atoms with E-state index in [9.17, 15) is 9.59 Å². The van der Waals surface area contributed by atoms with E-state index in [1.165, 1.54) is 0 Å². The Morgan fingerprint density at radius 3 is 2.67 bits per heavy atom. The highest BCUT2D eigenvalue weighted by Gasteiger charge is 2.42. The third-order valence-corrected chi connectivity index (χ3v) is 4.77.